The standard InChI is InChI=1S/C17H28N2O/c1-12(2)14-8-6-13(7-9-14)10-15(11-18)16(20)19-17(3,4)5/h6-9,12,15H,10-11,18H2,1-5H3,(H,19,20). The minimum Gasteiger partial charge on any atom is -0.351 e. The van der Waals surface area contributed by atoms with E-state index in [0.29, 0.717) is 18.9 Å². The summed E-state index contributed by atoms with van der Waals surface area (Å²) in [6.45, 7) is 10.7. The van der Waals surface area contributed by atoms with E-state index in [0.717, 1.165) is 5.56 Å². The number of hydrogen-bond donors (Lipinski definition) is 2. The van der Waals surface area contributed by atoms with Crippen molar-refractivity contribution in [2.45, 2.75) is 52.5 Å². The molecule has 0 aromatic heterocycles. The molecule has 0 radical (unpaired) electrons. The Bertz CT molecular complexity index is 429. The van der Waals surface area contributed by atoms with Crippen LogP contribution in [0.5, 0.6) is 0 Å². The van der Waals surface area contributed by atoms with Crippen LogP contribution in [0.4, 0.5) is 0 Å². The van der Waals surface area contributed by atoms with E-state index in [9.17, 15) is 4.79 Å². The summed E-state index contributed by atoms with van der Waals surface area (Å²) in [6.07, 6.45) is 0.691. The van der Waals surface area contributed by atoms with E-state index in [1.807, 2.05) is 20.8 Å². The van der Waals surface area contributed by atoms with E-state index in [2.05, 4.69) is 43.4 Å². The number of benzene rings is 1. The van der Waals surface area contributed by atoms with Gasteiger partial charge in [-0.2, -0.15) is 0 Å². The maximum atomic E-state index is 12.2. The molecule has 0 aliphatic heterocycles. The molecule has 3 nitrogen and oxygen atoms in total. The molecule has 0 spiro atoms. The third kappa shape index (κ3) is 5.33. The molecule has 112 valence electrons. The third-order valence-electron chi connectivity index (χ3n) is 3.28. The summed E-state index contributed by atoms with van der Waals surface area (Å²) < 4.78 is 0. The van der Waals surface area contributed by atoms with Gasteiger partial charge in [-0.25, -0.2) is 0 Å². The zero-order valence-corrected chi connectivity index (χ0v) is 13.4. The predicted molar refractivity (Wildman–Crippen MR) is 84.7 cm³/mol. The van der Waals surface area contributed by atoms with E-state index in [1.165, 1.54) is 5.56 Å². The largest absolute Gasteiger partial charge is 0.351 e. The van der Waals surface area contributed by atoms with Crippen LogP contribution in [-0.4, -0.2) is 18.0 Å². The maximum absolute atomic E-state index is 12.2. The van der Waals surface area contributed by atoms with Crippen molar-refractivity contribution in [2.24, 2.45) is 11.7 Å². The van der Waals surface area contributed by atoms with Crippen LogP contribution < -0.4 is 11.1 Å². The molecular weight excluding hydrogens is 248 g/mol. The summed E-state index contributed by atoms with van der Waals surface area (Å²) in [7, 11) is 0. The van der Waals surface area contributed by atoms with Crippen LogP contribution in [-0.2, 0) is 11.2 Å². The quantitative estimate of drug-likeness (QED) is 0.869. The lowest BCUT2D eigenvalue weighted by Crippen LogP contribution is -2.46. The Kier molecular flexibility index (Phi) is 5.75. The van der Waals surface area contributed by atoms with Gasteiger partial charge in [0.15, 0.2) is 0 Å². The van der Waals surface area contributed by atoms with Crippen LogP contribution >= 0.6 is 0 Å². The first-order valence-electron chi connectivity index (χ1n) is 7.34. The van der Waals surface area contributed by atoms with Gasteiger partial charge in [0, 0.05) is 12.1 Å². The van der Waals surface area contributed by atoms with Gasteiger partial charge < -0.3 is 11.1 Å². The lowest BCUT2D eigenvalue weighted by Gasteiger charge is -2.24. The van der Waals surface area contributed by atoms with Crippen molar-refractivity contribution in [3.8, 4) is 0 Å². The van der Waals surface area contributed by atoms with Crippen LogP contribution in [0.25, 0.3) is 0 Å². The van der Waals surface area contributed by atoms with Crippen molar-refractivity contribution < 1.29 is 4.79 Å². The van der Waals surface area contributed by atoms with Gasteiger partial charge in [0.05, 0.1) is 5.92 Å². The van der Waals surface area contributed by atoms with E-state index in [4.69, 9.17) is 5.73 Å². The van der Waals surface area contributed by atoms with Crippen LogP contribution in [0, 0.1) is 5.92 Å². The lowest BCUT2D eigenvalue weighted by molar-refractivity contribution is -0.126. The minimum atomic E-state index is -0.216. The summed E-state index contributed by atoms with van der Waals surface area (Å²) in [5.74, 6) is 0.394. The predicted octanol–water partition coefficient (Wildman–Crippen LogP) is 2.84. The Labute approximate surface area is 122 Å². The molecule has 3 heteroatoms. The summed E-state index contributed by atoms with van der Waals surface area (Å²) in [5.41, 5.74) is 8.02. The number of carbonyl (C=O) groups is 1. The fourth-order valence-electron chi connectivity index (χ4n) is 2.08. The van der Waals surface area contributed by atoms with Crippen molar-refractivity contribution in [3.63, 3.8) is 0 Å². The zero-order chi connectivity index (χ0) is 15.3. The molecule has 3 N–H and O–H groups in total. The molecule has 1 aromatic carbocycles. The van der Waals surface area contributed by atoms with E-state index < -0.39 is 0 Å². The highest BCUT2D eigenvalue weighted by molar-refractivity contribution is 5.79. The first kappa shape index (κ1) is 16.7. The molecule has 1 amide bonds. The average Bonchev–Trinajstić information content (AvgIpc) is 2.34. The zero-order valence-electron chi connectivity index (χ0n) is 13.4. The Morgan fingerprint density at radius 3 is 2.15 bits per heavy atom. The lowest BCUT2D eigenvalue weighted by atomic mass is 9.95. The van der Waals surface area contributed by atoms with Gasteiger partial charge in [0.2, 0.25) is 5.91 Å². The fraction of sp³-hybridized carbons (Fsp3) is 0.588. The molecule has 0 aliphatic carbocycles. The van der Waals surface area contributed by atoms with Crippen molar-refractivity contribution in [1.82, 2.24) is 5.32 Å². The van der Waals surface area contributed by atoms with E-state index >= 15 is 0 Å². The van der Waals surface area contributed by atoms with Gasteiger partial charge in [-0.05, 0) is 44.2 Å². The second kappa shape index (κ2) is 6.89. The molecule has 1 aromatic rings. The summed E-state index contributed by atoms with van der Waals surface area (Å²) >= 11 is 0. The summed E-state index contributed by atoms with van der Waals surface area (Å²) in [6, 6.07) is 8.47. The normalized spacial score (nSPS) is 13.3. The highest BCUT2D eigenvalue weighted by atomic mass is 16.2. The molecule has 0 bridgehead atoms. The molecular formula is C17H28N2O. The second-order valence-electron chi connectivity index (χ2n) is 6.77. The van der Waals surface area contributed by atoms with Gasteiger partial charge in [-0.15, -0.1) is 0 Å². The molecule has 0 heterocycles. The summed E-state index contributed by atoms with van der Waals surface area (Å²) in [4.78, 5) is 12.2. The Morgan fingerprint density at radius 2 is 1.75 bits per heavy atom. The van der Waals surface area contributed by atoms with Crippen molar-refractivity contribution in [2.75, 3.05) is 6.54 Å². The Morgan fingerprint density at radius 1 is 1.20 bits per heavy atom. The van der Waals surface area contributed by atoms with Crippen molar-refractivity contribution >= 4 is 5.91 Å². The number of amides is 1. The first-order chi connectivity index (χ1) is 9.23. The smallest absolute Gasteiger partial charge is 0.225 e. The number of nitrogens with two attached hydrogens (primary N) is 1. The highest BCUT2D eigenvalue weighted by Gasteiger charge is 2.22. The van der Waals surface area contributed by atoms with E-state index in [-0.39, 0.29) is 17.4 Å². The highest BCUT2D eigenvalue weighted by Crippen LogP contribution is 2.17. The van der Waals surface area contributed by atoms with Crippen LogP contribution in [0.15, 0.2) is 24.3 Å². The molecule has 1 atom stereocenters. The summed E-state index contributed by atoms with van der Waals surface area (Å²) in [5, 5.41) is 3.00. The number of carbonyl (C=O) groups excluding carboxylic acids is 1. The molecule has 1 rings (SSSR count). The van der Waals surface area contributed by atoms with Gasteiger partial charge in [-0.1, -0.05) is 38.1 Å². The SMILES string of the molecule is CC(C)c1ccc(CC(CN)C(=O)NC(C)(C)C)cc1. The van der Waals surface area contributed by atoms with Crippen LogP contribution in [0.3, 0.4) is 0 Å². The van der Waals surface area contributed by atoms with Crippen molar-refractivity contribution in [3.05, 3.63) is 35.4 Å². The van der Waals surface area contributed by atoms with E-state index in [1.54, 1.807) is 0 Å². The Hall–Kier alpha value is -1.35. The van der Waals surface area contributed by atoms with Crippen LogP contribution in [0.1, 0.15) is 51.7 Å². The van der Waals surface area contributed by atoms with Crippen molar-refractivity contribution in [1.29, 1.82) is 0 Å². The van der Waals surface area contributed by atoms with Gasteiger partial charge in [0.25, 0.3) is 0 Å². The third-order valence-corrected chi connectivity index (χ3v) is 3.28. The first-order valence-corrected chi connectivity index (χ1v) is 7.34. The van der Waals surface area contributed by atoms with Gasteiger partial charge >= 0.3 is 0 Å². The van der Waals surface area contributed by atoms with Crippen LogP contribution in [0.2, 0.25) is 0 Å². The molecule has 0 fully saturated rings. The number of nitrogens with one attached hydrogen (secondary N) is 1. The molecule has 0 saturated carbocycles. The maximum Gasteiger partial charge on any atom is 0.225 e. The molecule has 0 aliphatic rings. The number of rotatable bonds is 5. The number of hydrogen-bond acceptors (Lipinski definition) is 2. The molecule has 1 unspecified atom stereocenters. The molecule has 20 heavy (non-hydrogen) atoms. The second-order valence-corrected chi connectivity index (χ2v) is 6.77. The fourth-order valence-corrected chi connectivity index (χ4v) is 2.08. The van der Waals surface area contributed by atoms with Gasteiger partial charge in [0.1, 0.15) is 0 Å². The Balaban J connectivity index is 2.71. The average molecular weight is 276 g/mol. The van der Waals surface area contributed by atoms with Gasteiger partial charge in [-0.3, -0.25) is 4.79 Å². The topological polar surface area (TPSA) is 55.1 Å². The molecule has 0 saturated heterocycles. The monoisotopic (exact) mass is 276 g/mol. The minimum absolute atomic E-state index is 0.0351.